The van der Waals surface area contributed by atoms with Crippen LogP contribution in [0.1, 0.15) is 40.0 Å². The van der Waals surface area contributed by atoms with Crippen LogP contribution in [-0.2, 0) is 14.3 Å². The van der Waals surface area contributed by atoms with Crippen LogP contribution in [0.5, 0.6) is 0 Å². The topological polar surface area (TPSA) is 87.7 Å². The number of rotatable bonds is 5. The maximum Gasteiger partial charge on any atom is 0.407 e. The van der Waals surface area contributed by atoms with Crippen LogP contribution in [0.4, 0.5) is 4.79 Å². The van der Waals surface area contributed by atoms with Crippen molar-refractivity contribution in [3.05, 3.63) is 0 Å². The van der Waals surface area contributed by atoms with E-state index in [9.17, 15) is 14.4 Å². The molecule has 1 aliphatic heterocycles. The van der Waals surface area contributed by atoms with Gasteiger partial charge in [-0.05, 0) is 33.6 Å². The molecule has 0 saturated carbocycles. The Bertz CT molecular complexity index is 429. The fourth-order valence-electron chi connectivity index (χ4n) is 2.28. The number of carbonyl (C=O) groups is 3. The van der Waals surface area contributed by atoms with Crippen molar-refractivity contribution < 1.29 is 19.1 Å². The Hall–Kier alpha value is -1.50. The van der Waals surface area contributed by atoms with E-state index in [2.05, 4.69) is 10.6 Å². The van der Waals surface area contributed by atoms with Crippen LogP contribution in [0.15, 0.2) is 0 Å². The molecule has 0 aromatic carbocycles. The van der Waals surface area contributed by atoms with Crippen molar-refractivity contribution in [2.75, 3.05) is 25.5 Å². The highest BCUT2D eigenvalue weighted by Gasteiger charge is 2.23. The number of halogens is 1. The number of piperidine rings is 1. The molecule has 0 aromatic heterocycles. The Kier molecular flexibility index (Phi) is 7.61. The molecule has 0 aromatic rings. The normalized spacial score (nSPS) is 15.9. The lowest BCUT2D eigenvalue weighted by molar-refractivity contribution is -0.132. The van der Waals surface area contributed by atoms with E-state index >= 15 is 0 Å². The summed E-state index contributed by atoms with van der Waals surface area (Å²) in [6, 6.07) is 0.0742. The largest absolute Gasteiger partial charge is 0.444 e. The van der Waals surface area contributed by atoms with Gasteiger partial charge in [0.1, 0.15) is 11.5 Å². The maximum atomic E-state index is 12.1. The second-order valence-electron chi connectivity index (χ2n) is 6.53. The molecule has 0 unspecified atom stereocenters. The Balaban J connectivity index is 2.22. The number of nitrogens with zero attached hydrogens (tertiary/aromatic N) is 1. The molecule has 2 N–H and O–H groups in total. The third-order valence-electron chi connectivity index (χ3n) is 3.34. The Labute approximate surface area is 142 Å². The number of alkyl carbamates (subject to hydrolysis) is 1. The average molecular weight is 348 g/mol. The van der Waals surface area contributed by atoms with E-state index < -0.39 is 11.7 Å². The molecule has 0 bridgehead atoms. The van der Waals surface area contributed by atoms with Gasteiger partial charge in [-0.1, -0.05) is 0 Å². The zero-order valence-electron chi connectivity index (χ0n) is 14.0. The van der Waals surface area contributed by atoms with Crippen molar-refractivity contribution in [3.8, 4) is 0 Å². The lowest BCUT2D eigenvalue weighted by atomic mass is 10.0. The summed E-state index contributed by atoms with van der Waals surface area (Å²) < 4.78 is 5.10. The van der Waals surface area contributed by atoms with Crippen LogP contribution in [0, 0.1) is 0 Å². The predicted octanol–water partition coefficient (Wildman–Crippen LogP) is 1.25. The average Bonchev–Trinajstić information content (AvgIpc) is 2.45. The highest BCUT2D eigenvalue weighted by atomic mass is 35.5. The van der Waals surface area contributed by atoms with Crippen LogP contribution in [0.2, 0.25) is 0 Å². The van der Waals surface area contributed by atoms with Gasteiger partial charge in [-0.15, -0.1) is 11.6 Å². The van der Waals surface area contributed by atoms with Gasteiger partial charge in [0.05, 0.1) is 0 Å². The number of hydrogen-bond acceptors (Lipinski definition) is 4. The predicted molar refractivity (Wildman–Crippen MR) is 87.3 cm³/mol. The zero-order valence-corrected chi connectivity index (χ0v) is 14.7. The van der Waals surface area contributed by atoms with E-state index in [0.29, 0.717) is 25.9 Å². The molecule has 0 radical (unpaired) electrons. The summed E-state index contributed by atoms with van der Waals surface area (Å²) >= 11 is 5.45. The van der Waals surface area contributed by atoms with Crippen molar-refractivity contribution in [3.63, 3.8) is 0 Å². The second-order valence-corrected chi connectivity index (χ2v) is 6.80. The number of amides is 3. The molecule has 0 atom stereocenters. The fourth-order valence-corrected chi connectivity index (χ4v) is 2.36. The van der Waals surface area contributed by atoms with Crippen LogP contribution in [-0.4, -0.2) is 60.0 Å². The van der Waals surface area contributed by atoms with E-state index in [4.69, 9.17) is 16.3 Å². The van der Waals surface area contributed by atoms with E-state index in [1.807, 2.05) is 0 Å². The third kappa shape index (κ3) is 8.06. The summed E-state index contributed by atoms with van der Waals surface area (Å²) in [5.74, 6) is -0.240. The molecule has 0 aliphatic carbocycles. The summed E-state index contributed by atoms with van der Waals surface area (Å²) in [5.41, 5.74) is -0.552. The summed E-state index contributed by atoms with van der Waals surface area (Å²) in [7, 11) is 0. The first-order valence-electron chi connectivity index (χ1n) is 7.81. The molecule has 1 saturated heterocycles. The summed E-state index contributed by atoms with van der Waals surface area (Å²) in [5, 5.41) is 5.40. The molecule has 1 rings (SSSR count). The highest BCUT2D eigenvalue weighted by molar-refractivity contribution is 6.27. The van der Waals surface area contributed by atoms with E-state index in [1.165, 1.54) is 0 Å². The molecule has 23 heavy (non-hydrogen) atoms. The number of ether oxygens (including phenoxy) is 1. The highest BCUT2D eigenvalue weighted by Crippen LogP contribution is 2.11. The van der Waals surface area contributed by atoms with Crippen molar-refractivity contribution in [2.24, 2.45) is 0 Å². The third-order valence-corrected chi connectivity index (χ3v) is 3.58. The van der Waals surface area contributed by atoms with Crippen molar-refractivity contribution >= 4 is 29.5 Å². The first-order valence-corrected chi connectivity index (χ1v) is 8.34. The smallest absolute Gasteiger partial charge is 0.407 e. The van der Waals surface area contributed by atoms with Crippen LogP contribution < -0.4 is 10.6 Å². The Morgan fingerprint density at radius 1 is 1.22 bits per heavy atom. The standard InChI is InChI=1S/C15H26ClN3O4/c1-15(2,3)23-14(22)17-7-4-13(21)19-8-5-11(6-9-19)18-12(20)10-16/h11H,4-10H2,1-3H3,(H,17,22)(H,18,20). The van der Waals surface area contributed by atoms with E-state index in [0.717, 1.165) is 0 Å². The molecule has 1 aliphatic rings. The van der Waals surface area contributed by atoms with Gasteiger partial charge < -0.3 is 20.3 Å². The molecule has 132 valence electrons. The number of nitrogens with one attached hydrogen (secondary N) is 2. The summed E-state index contributed by atoms with van der Waals surface area (Å²) in [4.78, 5) is 36.5. The lowest BCUT2D eigenvalue weighted by Gasteiger charge is -2.32. The first-order chi connectivity index (χ1) is 10.7. The van der Waals surface area contributed by atoms with Gasteiger partial charge in [0.2, 0.25) is 11.8 Å². The van der Waals surface area contributed by atoms with Gasteiger partial charge >= 0.3 is 6.09 Å². The zero-order chi connectivity index (χ0) is 17.5. The maximum absolute atomic E-state index is 12.1. The van der Waals surface area contributed by atoms with Crippen LogP contribution >= 0.6 is 11.6 Å². The molecular formula is C15H26ClN3O4. The molecule has 1 heterocycles. The minimum atomic E-state index is -0.552. The molecule has 8 heteroatoms. The summed E-state index contributed by atoms with van der Waals surface area (Å²) in [6.45, 7) is 6.79. The molecule has 1 fully saturated rings. The Morgan fingerprint density at radius 3 is 2.35 bits per heavy atom. The van der Waals surface area contributed by atoms with Gasteiger partial charge in [0.25, 0.3) is 0 Å². The van der Waals surface area contributed by atoms with Gasteiger partial charge in [-0.3, -0.25) is 9.59 Å². The molecule has 0 spiro atoms. The van der Waals surface area contributed by atoms with E-state index in [1.54, 1.807) is 25.7 Å². The number of hydrogen-bond donors (Lipinski definition) is 2. The van der Waals surface area contributed by atoms with Crippen LogP contribution in [0.3, 0.4) is 0 Å². The SMILES string of the molecule is CC(C)(C)OC(=O)NCCC(=O)N1CCC(NC(=O)CCl)CC1. The molecular weight excluding hydrogens is 322 g/mol. The number of likely N-dealkylation sites (tertiary alicyclic amines) is 1. The van der Waals surface area contributed by atoms with Gasteiger partial charge in [-0.25, -0.2) is 4.79 Å². The van der Waals surface area contributed by atoms with Crippen molar-refractivity contribution in [1.82, 2.24) is 15.5 Å². The van der Waals surface area contributed by atoms with E-state index in [-0.39, 0.29) is 36.7 Å². The van der Waals surface area contributed by atoms with Crippen molar-refractivity contribution in [1.29, 1.82) is 0 Å². The number of alkyl halides is 1. The van der Waals surface area contributed by atoms with Gasteiger partial charge in [0.15, 0.2) is 0 Å². The monoisotopic (exact) mass is 347 g/mol. The molecule has 7 nitrogen and oxygen atoms in total. The van der Waals surface area contributed by atoms with Crippen LogP contribution in [0.25, 0.3) is 0 Å². The first kappa shape index (κ1) is 19.5. The van der Waals surface area contributed by atoms with Crippen molar-refractivity contribution in [2.45, 2.75) is 51.7 Å². The van der Waals surface area contributed by atoms with Gasteiger partial charge in [0, 0.05) is 32.1 Å². The summed E-state index contributed by atoms with van der Waals surface area (Å²) in [6.07, 6.45) is 1.15. The fraction of sp³-hybridized carbons (Fsp3) is 0.800. The lowest BCUT2D eigenvalue weighted by Crippen LogP contribution is -2.47. The quantitative estimate of drug-likeness (QED) is 0.733. The minimum absolute atomic E-state index is 0.0109. The second kappa shape index (κ2) is 8.96. The number of carbonyl (C=O) groups excluding carboxylic acids is 3. The Morgan fingerprint density at radius 2 is 1.83 bits per heavy atom. The minimum Gasteiger partial charge on any atom is -0.444 e. The van der Waals surface area contributed by atoms with Gasteiger partial charge in [-0.2, -0.15) is 0 Å². The molecule has 3 amide bonds.